The zero-order valence-corrected chi connectivity index (χ0v) is 19.9. The van der Waals surface area contributed by atoms with Crippen molar-refractivity contribution >= 4 is 55.7 Å². The Morgan fingerprint density at radius 1 is 1.10 bits per heavy atom. The van der Waals surface area contributed by atoms with Crippen LogP contribution in [0.25, 0.3) is 6.08 Å². The normalized spacial score (nSPS) is 12.4. The Balaban J connectivity index is 2.31. The lowest BCUT2D eigenvalue weighted by Gasteiger charge is -2.21. The van der Waals surface area contributed by atoms with Gasteiger partial charge >= 0.3 is 5.97 Å². The lowest BCUT2D eigenvalue weighted by Crippen LogP contribution is -2.47. The minimum Gasteiger partial charge on any atom is -0.464 e. The second-order valence-electron chi connectivity index (χ2n) is 6.61. The summed E-state index contributed by atoms with van der Waals surface area (Å²) in [6.45, 7) is 5.47. The highest BCUT2D eigenvalue weighted by Crippen LogP contribution is 2.16. The van der Waals surface area contributed by atoms with Crippen LogP contribution in [0.5, 0.6) is 0 Å². The molecule has 2 rings (SSSR count). The molecule has 1 aromatic heterocycles. The van der Waals surface area contributed by atoms with Gasteiger partial charge in [0.2, 0.25) is 0 Å². The van der Waals surface area contributed by atoms with Crippen LogP contribution in [0.4, 0.5) is 0 Å². The fourth-order valence-corrected chi connectivity index (χ4v) is 3.02. The molecule has 0 aliphatic rings. The molecular weight excluding hydrogens is 520 g/mol. The van der Waals surface area contributed by atoms with Crippen LogP contribution in [-0.2, 0) is 14.3 Å². The predicted molar refractivity (Wildman–Crippen MR) is 119 cm³/mol. The van der Waals surface area contributed by atoms with E-state index in [-0.39, 0.29) is 24.0 Å². The van der Waals surface area contributed by atoms with Gasteiger partial charge in [-0.25, -0.2) is 4.79 Å². The Labute approximate surface area is 191 Å². The van der Waals surface area contributed by atoms with E-state index in [0.717, 1.165) is 4.47 Å². The summed E-state index contributed by atoms with van der Waals surface area (Å²) in [4.78, 5) is 37.7. The molecule has 1 atom stereocenters. The molecule has 0 aliphatic carbocycles. The molecule has 1 unspecified atom stereocenters. The molecule has 0 bridgehead atoms. The third kappa shape index (κ3) is 6.84. The SMILES string of the molecule is CCOC(=O)C(NC(=O)/C(=C\c1ccc(Br)cc1)NC(=O)c1ccc(Br)o1)C(C)C. The number of halogens is 2. The number of carbonyl (C=O) groups excluding carboxylic acids is 3. The number of nitrogens with one attached hydrogen (secondary N) is 2. The van der Waals surface area contributed by atoms with E-state index in [4.69, 9.17) is 9.15 Å². The molecule has 0 saturated heterocycles. The first-order valence-corrected chi connectivity index (χ1v) is 10.8. The lowest BCUT2D eigenvalue weighted by molar-refractivity contribution is -0.148. The zero-order valence-electron chi connectivity index (χ0n) is 16.7. The first-order valence-electron chi connectivity index (χ1n) is 9.22. The number of ether oxygens (including phenoxy) is 1. The zero-order chi connectivity index (χ0) is 22.3. The van der Waals surface area contributed by atoms with Gasteiger partial charge in [-0.3, -0.25) is 9.59 Å². The summed E-state index contributed by atoms with van der Waals surface area (Å²) in [6.07, 6.45) is 1.51. The van der Waals surface area contributed by atoms with Crippen molar-refractivity contribution in [3.63, 3.8) is 0 Å². The van der Waals surface area contributed by atoms with Crippen molar-refractivity contribution in [1.82, 2.24) is 10.6 Å². The maximum absolute atomic E-state index is 13.0. The molecule has 30 heavy (non-hydrogen) atoms. The molecule has 2 N–H and O–H groups in total. The van der Waals surface area contributed by atoms with Crippen molar-refractivity contribution in [1.29, 1.82) is 0 Å². The van der Waals surface area contributed by atoms with Crippen LogP contribution in [0.1, 0.15) is 36.9 Å². The van der Waals surface area contributed by atoms with E-state index >= 15 is 0 Å². The highest BCUT2D eigenvalue weighted by molar-refractivity contribution is 9.10. The highest BCUT2D eigenvalue weighted by atomic mass is 79.9. The number of benzene rings is 1. The van der Waals surface area contributed by atoms with Crippen LogP contribution in [0.3, 0.4) is 0 Å². The van der Waals surface area contributed by atoms with Gasteiger partial charge in [-0.15, -0.1) is 0 Å². The standard InChI is InChI=1S/C21H22Br2N2O5/c1-4-29-21(28)18(12(2)3)25-19(26)15(11-13-5-7-14(22)8-6-13)24-20(27)16-9-10-17(23)30-16/h5-12,18H,4H2,1-3H3,(H,24,27)(H,25,26)/b15-11+. The van der Waals surface area contributed by atoms with E-state index in [1.165, 1.54) is 12.1 Å². The summed E-state index contributed by atoms with van der Waals surface area (Å²) >= 11 is 6.49. The van der Waals surface area contributed by atoms with Gasteiger partial charge in [-0.2, -0.15) is 0 Å². The Kier molecular flexibility index (Phi) is 8.86. The summed E-state index contributed by atoms with van der Waals surface area (Å²) in [5, 5.41) is 5.21. The Morgan fingerprint density at radius 3 is 2.30 bits per heavy atom. The second kappa shape index (κ2) is 11.1. The van der Waals surface area contributed by atoms with Gasteiger partial charge in [0.05, 0.1) is 6.61 Å². The third-order valence-electron chi connectivity index (χ3n) is 3.96. The Morgan fingerprint density at radius 2 is 1.77 bits per heavy atom. The smallest absolute Gasteiger partial charge is 0.328 e. The van der Waals surface area contributed by atoms with E-state index in [1.54, 1.807) is 39.0 Å². The number of hydrogen-bond acceptors (Lipinski definition) is 5. The van der Waals surface area contributed by atoms with Crippen molar-refractivity contribution in [2.75, 3.05) is 6.61 Å². The number of rotatable bonds is 8. The van der Waals surface area contributed by atoms with Crippen molar-refractivity contribution in [2.24, 2.45) is 5.92 Å². The lowest BCUT2D eigenvalue weighted by atomic mass is 10.0. The van der Waals surface area contributed by atoms with Gasteiger partial charge in [0.25, 0.3) is 11.8 Å². The maximum Gasteiger partial charge on any atom is 0.328 e. The van der Waals surface area contributed by atoms with Crippen LogP contribution in [0.15, 0.2) is 55.7 Å². The highest BCUT2D eigenvalue weighted by Gasteiger charge is 2.27. The molecule has 2 aromatic rings. The first kappa shape index (κ1) is 23.9. The van der Waals surface area contributed by atoms with Gasteiger partial charge in [0, 0.05) is 4.47 Å². The molecule has 2 amide bonds. The van der Waals surface area contributed by atoms with E-state index in [0.29, 0.717) is 10.2 Å². The van der Waals surface area contributed by atoms with Gasteiger partial charge in [-0.05, 0) is 64.7 Å². The van der Waals surface area contributed by atoms with Crippen LogP contribution in [0.2, 0.25) is 0 Å². The van der Waals surface area contributed by atoms with E-state index in [2.05, 4.69) is 42.5 Å². The summed E-state index contributed by atoms with van der Waals surface area (Å²) in [6, 6.07) is 9.36. The first-order chi connectivity index (χ1) is 14.2. The number of esters is 1. The predicted octanol–water partition coefficient (Wildman–Crippen LogP) is 4.28. The fraction of sp³-hybridized carbons (Fsp3) is 0.286. The Bertz CT molecular complexity index is 935. The van der Waals surface area contributed by atoms with Crippen molar-refractivity contribution in [3.8, 4) is 0 Å². The van der Waals surface area contributed by atoms with Gasteiger partial charge in [0.1, 0.15) is 11.7 Å². The molecule has 0 spiro atoms. The molecule has 1 heterocycles. The molecule has 160 valence electrons. The number of furan rings is 1. The average Bonchev–Trinajstić information content (AvgIpc) is 3.13. The van der Waals surface area contributed by atoms with E-state index < -0.39 is 23.8 Å². The molecule has 0 fully saturated rings. The second-order valence-corrected chi connectivity index (χ2v) is 8.31. The summed E-state index contributed by atoms with van der Waals surface area (Å²) < 4.78 is 11.6. The maximum atomic E-state index is 13.0. The fourth-order valence-electron chi connectivity index (χ4n) is 2.45. The molecule has 0 saturated carbocycles. The van der Waals surface area contributed by atoms with Gasteiger partial charge in [0.15, 0.2) is 10.4 Å². The minimum absolute atomic E-state index is 0.0298. The van der Waals surface area contributed by atoms with Gasteiger partial charge < -0.3 is 19.8 Å². The van der Waals surface area contributed by atoms with Crippen LogP contribution < -0.4 is 10.6 Å². The van der Waals surface area contributed by atoms with E-state index in [1.807, 2.05) is 12.1 Å². The average molecular weight is 542 g/mol. The van der Waals surface area contributed by atoms with Crippen molar-refractivity contribution < 1.29 is 23.5 Å². The molecule has 0 radical (unpaired) electrons. The van der Waals surface area contributed by atoms with Crippen molar-refractivity contribution in [3.05, 3.63) is 62.6 Å². The quantitative estimate of drug-likeness (QED) is 0.384. The number of carbonyl (C=O) groups is 3. The molecule has 7 nitrogen and oxygen atoms in total. The Hall–Kier alpha value is -2.39. The van der Waals surface area contributed by atoms with E-state index in [9.17, 15) is 14.4 Å². The molecule has 9 heteroatoms. The molecule has 1 aromatic carbocycles. The minimum atomic E-state index is -0.861. The summed E-state index contributed by atoms with van der Waals surface area (Å²) in [5.74, 6) is -1.94. The van der Waals surface area contributed by atoms with Crippen LogP contribution in [-0.4, -0.2) is 30.4 Å². The van der Waals surface area contributed by atoms with Crippen molar-refractivity contribution in [2.45, 2.75) is 26.8 Å². The van der Waals surface area contributed by atoms with Gasteiger partial charge in [-0.1, -0.05) is 41.9 Å². The number of amides is 2. The van der Waals surface area contributed by atoms with Crippen LogP contribution >= 0.6 is 31.9 Å². The monoisotopic (exact) mass is 540 g/mol. The third-order valence-corrected chi connectivity index (χ3v) is 4.92. The number of hydrogen-bond donors (Lipinski definition) is 2. The van der Waals surface area contributed by atoms with Crippen LogP contribution in [0, 0.1) is 5.92 Å². The largest absolute Gasteiger partial charge is 0.464 e. The summed E-state index contributed by atoms with van der Waals surface area (Å²) in [7, 11) is 0. The summed E-state index contributed by atoms with van der Waals surface area (Å²) in [5.41, 5.74) is 0.645. The molecule has 0 aliphatic heterocycles. The molecular formula is C21H22Br2N2O5. The topological polar surface area (TPSA) is 97.6 Å².